The fourth-order valence-corrected chi connectivity index (χ4v) is 2.44. The highest BCUT2D eigenvalue weighted by Crippen LogP contribution is 2.27. The number of carbonyl (C=O) groups is 1. The third-order valence-corrected chi connectivity index (χ3v) is 4.32. The number of amides is 1. The van der Waals surface area contributed by atoms with E-state index in [0.29, 0.717) is 33.8 Å². The van der Waals surface area contributed by atoms with Gasteiger partial charge < -0.3 is 19.1 Å². The molecule has 0 aliphatic heterocycles. The van der Waals surface area contributed by atoms with E-state index >= 15 is 0 Å². The van der Waals surface area contributed by atoms with Crippen molar-refractivity contribution in [2.24, 2.45) is 0 Å². The molecule has 2 rings (SSSR count). The summed E-state index contributed by atoms with van der Waals surface area (Å²) in [6.45, 7) is 0.281. The van der Waals surface area contributed by atoms with Gasteiger partial charge in [0.25, 0.3) is 5.91 Å². The first-order valence-corrected chi connectivity index (χ1v) is 8.23. The molecule has 0 heterocycles. The van der Waals surface area contributed by atoms with Crippen LogP contribution >= 0.6 is 23.2 Å². The predicted molar refractivity (Wildman–Crippen MR) is 98.0 cm³/mol. The lowest BCUT2D eigenvalue weighted by molar-refractivity contribution is -0.132. The molecule has 7 heteroatoms. The van der Waals surface area contributed by atoms with Gasteiger partial charge in [0.05, 0.1) is 24.3 Å². The van der Waals surface area contributed by atoms with Crippen LogP contribution in [0.3, 0.4) is 0 Å². The van der Waals surface area contributed by atoms with Crippen molar-refractivity contribution in [2.75, 3.05) is 27.9 Å². The fraction of sp³-hybridized carbons (Fsp3) is 0.278. The Morgan fingerprint density at radius 1 is 1.00 bits per heavy atom. The number of hydrogen-bond acceptors (Lipinski definition) is 4. The molecular weight excluding hydrogens is 365 g/mol. The Morgan fingerprint density at radius 2 is 1.72 bits per heavy atom. The Balaban J connectivity index is 1.97. The van der Waals surface area contributed by atoms with Gasteiger partial charge in [-0.3, -0.25) is 4.79 Å². The number of halogens is 2. The van der Waals surface area contributed by atoms with E-state index in [9.17, 15) is 4.79 Å². The minimum atomic E-state index is -0.177. The smallest absolute Gasteiger partial charge is 0.260 e. The zero-order chi connectivity index (χ0) is 18.4. The van der Waals surface area contributed by atoms with Gasteiger partial charge in [0.2, 0.25) is 0 Å². The van der Waals surface area contributed by atoms with Crippen molar-refractivity contribution in [2.45, 2.75) is 6.54 Å². The number of carbonyl (C=O) groups excluding carboxylic acids is 1. The molecule has 0 fully saturated rings. The van der Waals surface area contributed by atoms with Gasteiger partial charge in [-0.2, -0.15) is 0 Å². The monoisotopic (exact) mass is 383 g/mol. The molecule has 0 aliphatic carbocycles. The normalized spacial score (nSPS) is 10.3. The van der Waals surface area contributed by atoms with Crippen molar-refractivity contribution < 1.29 is 19.0 Å². The minimum absolute atomic E-state index is 0.104. The molecule has 0 radical (unpaired) electrons. The van der Waals surface area contributed by atoms with Gasteiger partial charge in [0.1, 0.15) is 17.2 Å². The molecule has 0 saturated heterocycles. The van der Waals surface area contributed by atoms with Gasteiger partial charge in [-0.05, 0) is 24.3 Å². The number of nitrogens with zero attached hydrogens (tertiary/aromatic N) is 1. The summed E-state index contributed by atoms with van der Waals surface area (Å²) in [4.78, 5) is 13.8. The number of rotatable bonds is 7. The molecule has 0 bridgehead atoms. The van der Waals surface area contributed by atoms with Crippen molar-refractivity contribution in [3.05, 3.63) is 52.0 Å². The highest BCUT2D eigenvalue weighted by atomic mass is 35.5. The first kappa shape index (κ1) is 19.2. The van der Waals surface area contributed by atoms with Crippen LogP contribution in [0.2, 0.25) is 10.0 Å². The maximum absolute atomic E-state index is 12.3. The molecule has 0 unspecified atom stereocenters. The van der Waals surface area contributed by atoms with Crippen LogP contribution in [0.4, 0.5) is 0 Å². The fourth-order valence-electron chi connectivity index (χ4n) is 2.15. The van der Waals surface area contributed by atoms with Crippen molar-refractivity contribution in [3.8, 4) is 17.2 Å². The Bertz CT molecular complexity index is 752. The molecule has 0 aromatic heterocycles. The van der Waals surface area contributed by atoms with E-state index in [1.54, 1.807) is 50.4 Å². The molecule has 2 aromatic carbocycles. The lowest BCUT2D eigenvalue weighted by atomic mass is 10.2. The molecule has 0 aliphatic rings. The van der Waals surface area contributed by atoms with E-state index in [1.807, 2.05) is 12.1 Å². The lowest BCUT2D eigenvalue weighted by Crippen LogP contribution is -2.31. The van der Waals surface area contributed by atoms with E-state index in [1.165, 1.54) is 0 Å². The third-order valence-electron chi connectivity index (χ3n) is 3.58. The molecule has 5 nitrogen and oxygen atoms in total. The third kappa shape index (κ3) is 5.18. The zero-order valence-electron chi connectivity index (χ0n) is 14.2. The second-order valence-corrected chi connectivity index (χ2v) is 6.11. The van der Waals surface area contributed by atoms with Crippen LogP contribution in [0.5, 0.6) is 17.2 Å². The molecule has 0 atom stereocenters. The van der Waals surface area contributed by atoms with Crippen LogP contribution in [-0.4, -0.2) is 38.7 Å². The van der Waals surface area contributed by atoms with Crippen molar-refractivity contribution in [3.63, 3.8) is 0 Å². The second-order valence-electron chi connectivity index (χ2n) is 5.29. The molecule has 2 aromatic rings. The molecule has 0 spiro atoms. The average Bonchev–Trinajstić information content (AvgIpc) is 2.62. The lowest BCUT2D eigenvalue weighted by Gasteiger charge is -2.19. The molecule has 25 heavy (non-hydrogen) atoms. The van der Waals surface area contributed by atoms with Gasteiger partial charge in [-0.25, -0.2) is 0 Å². The molecule has 134 valence electrons. The second kappa shape index (κ2) is 8.83. The molecule has 0 N–H and O–H groups in total. The summed E-state index contributed by atoms with van der Waals surface area (Å²) in [6, 6.07) is 10.3. The number of ether oxygens (including phenoxy) is 3. The summed E-state index contributed by atoms with van der Waals surface area (Å²) in [7, 11) is 4.86. The summed E-state index contributed by atoms with van der Waals surface area (Å²) >= 11 is 11.8. The van der Waals surface area contributed by atoms with Crippen LogP contribution in [-0.2, 0) is 11.3 Å². The number of benzene rings is 2. The standard InChI is InChI=1S/C18H19Cl2NO4/c1-21(10-12-4-5-13(23-2)9-17(12)24-3)18(22)11-25-14-6-7-15(19)16(20)8-14/h4-9H,10-11H2,1-3H3. The van der Waals surface area contributed by atoms with E-state index in [4.69, 9.17) is 37.4 Å². The maximum Gasteiger partial charge on any atom is 0.260 e. The summed E-state index contributed by atoms with van der Waals surface area (Å²) < 4.78 is 16.0. The Hall–Kier alpha value is -2.11. The van der Waals surface area contributed by atoms with Crippen LogP contribution in [0.25, 0.3) is 0 Å². The van der Waals surface area contributed by atoms with Gasteiger partial charge in [0, 0.05) is 31.3 Å². The molecule has 0 saturated carbocycles. The Morgan fingerprint density at radius 3 is 2.36 bits per heavy atom. The minimum Gasteiger partial charge on any atom is -0.497 e. The zero-order valence-corrected chi connectivity index (χ0v) is 15.7. The first-order valence-electron chi connectivity index (χ1n) is 7.47. The van der Waals surface area contributed by atoms with Crippen molar-refractivity contribution in [1.29, 1.82) is 0 Å². The predicted octanol–water partition coefficient (Wildman–Crippen LogP) is 4.05. The Labute approximate surface area is 157 Å². The molecular formula is C18H19Cl2NO4. The molecule has 1 amide bonds. The van der Waals surface area contributed by atoms with Crippen LogP contribution < -0.4 is 14.2 Å². The van der Waals surface area contributed by atoms with E-state index in [2.05, 4.69) is 0 Å². The van der Waals surface area contributed by atoms with Crippen LogP contribution in [0, 0.1) is 0 Å². The van der Waals surface area contributed by atoms with Gasteiger partial charge in [0.15, 0.2) is 6.61 Å². The maximum atomic E-state index is 12.3. The SMILES string of the molecule is COc1ccc(CN(C)C(=O)COc2ccc(Cl)c(Cl)c2)c(OC)c1. The number of methoxy groups -OCH3 is 2. The van der Waals surface area contributed by atoms with Gasteiger partial charge in [-0.1, -0.05) is 23.2 Å². The van der Waals surface area contributed by atoms with E-state index in [0.717, 1.165) is 5.56 Å². The van der Waals surface area contributed by atoms with Gasteiger partial charge >= 0.3 is 0 Å². The highest BCUT2D eigenvalue weighted by Gasteiger charge is 2.14. The summed E-state index contributed by atoms with van der Waals surface area (Å²) in [5.41, 5.74) is 0.869. The summed E-state index contributed by atoms with van der Waals surface area (Å²) in [5, 5.41) is 0.812. The number of hydrogen-bond donors (Lipinski definition) is 0. The average molecular weight is 384 g/mol. The summed E-state index contributed by atoms with van der Waals surface area (Å²) in [5.74, 6) is 1.66. The highest BCUT2D eigenvalue weighted by molar-refractivity contribution is 6.42. The topological polar surface area (TPSA) is 48.0 Å². The van der Waals surface area contributed by atoms with Gasteiger partial charge in [-0.15, -0.1) is 0 Å². The largest absolute Gasteiger partial charge is 0.497 e. The van der Waals surface area contributed by atoms with Crippen molar-refractivity contribution in [1.82, 2.24) is 4.90 Å². The van der Waals surface area contributed by atoms with Crippen molar-refractivity contribution >= 4 is 29.1 Å². The quantitative estimate of drug-likeness (QED) is 0.723. The van der Waals surface area contributed by atoms with E-state index in [-0.39, 0.29) is 12.5 Å². The first-order chi connectivity index (χ1) is 11.9. The van der Waals surface area contributed by atoms with Crippen LogP contribution in [0.15, 0.2) is 36.4 Å². The van der Waals surface area contributed by atoms with Crippen LogP contribution in [0.1, 0.15) is 5.56 Å². The summed E-state index contributed by atoms with van der Waals surface area (Å²) in [6.07, 6.45) is 0. The Kier molecular flexibility index (Phi) is 6.79. The van der Waals surface area contributed by atoms with E-state index < -0.39 is 0 Å². The number of likely N-dealkylation sites (N-methyl/N-ethyl adjacent to an activating group) is 1.